The fourth-order valence-corrected chi connectivity index (χ4v) is 3.70. The van der Waals surface area contributed by atoms with Gasteiger partial charge in [0, 0.05) is 17.4 Å². The highest BCUT2D eigenvalue weighted by atomic mass is 16.6. The van der Waals surface area contributed by atoms with Gasteiger partial charge in [0.15, 0.2) is 0 Å². The molecule has 0 bridgehead atoms. The lowest BCUT2D eigenvalue weighted by atomic mass is 9.82. The quantitative estimate of drug-likeness (QED) is 0.404. The molecule has 3 heteroatoms. The van der Waals surface area contributed by atoms with Gasteiger partial charge < -0.3 is 9.84 Å². The highest BCUT2D eigenvalue weighted by molar-refractivity contribution is 5.91. The topological polar surface area (TPSA) is 46.5 Å². The third-order valence-corrected chi connectivity index (χ3v) is 4.77. The van der Waals surface area contributed by atoms with Crippen LogP contribution in [-0.4, -0.2) is 23.3 Å². The second-order valence-electron chi connectivity index (χ2n) is 5.66. The smallest absolute Gasteiger partial charge is 0.334 e. The molecule has 18 heavy (non-hydrogen) atoms. The van der Waals surface area contributed by atoms with Crippen LogP contribution in [0, 0.1) is 17.8 Å². The van der Waals surface area contributed by atoms with Gasteiger partial charge in [-0.3, -0.25) is 0 Å². The highest BCUT2D eigenvalue weighted by Crippen LogP contribution is 2.51. The van der Waals surface area contributed by atoms with E-state index in [1.54, 1.807) is 0 Å². The zero-order valence-electron chi connectivity index (χ0n) is 10.4. The Morgan fingerprint density at radius 2 is 1.94 bits per heavy atom. The van der Waals surface area contributed by atoms with Crippen LogP contribution in [-0.2, 0) is 9.53 Å². The van der Waals surface area contributed by atoms with Gasteiger partial charge in [0.1, 0.15) is 6.10 Å². The summed E-state index contributed by atoms with van der Waals surface area (Å²) in [5.74, 6) is -0.0128. The number of fused-ring (bicyclic) bond motifs is 3. The van der Waals surface area contributed by atoms with Crippen LogP contribution in [0.5, 0.6) is 0 Å². The molecule has 3 aliphatic rings. The first-order valence-electron chi connectivity index (χ1n) is 6.45. The molecule has 1 aliphatic heterocycles. The van der Waals surface area contributed by atoms with E-state index in [-0.39, 0.29) is 29.8 Å². The van der Waals surface area contributed by atoms with Crippen molar-refractivity contribution >= 4 is 5.97 Å². The Bertz CT molecular complexity index is 462. The van der Waals surface area contributed by atoms with E-state index in [4.69, 9.17) is 4.74 Å². The minimum Gasteiger partial charge on any atom is -0.458 e. The highest BCUT2D eigenvalue weighted by Gasteiger charge is 2.52. The third-order valence-electron chi connectivity index (χ3n) is 4.77. The zero-order valence-corrected chi connectivity index (χ0v) is 10.4. The SMILES string of the molecule is C=C1C(=O)O[C@@H]2[C@H]3C(=C)[C@@H](O)C[C@@H]3C(=C)CC[C@H]12. The van der Waals surface area contributed by atoms with Crippen molar-refractivity contribution in [1.29, 1.82) is 0 Å². The van der Waals surface area contributed by atoms with E-state index in [1.165, 1.54) is 0 Å². The molecule has 2 saturated carbocycles. The average molecular weight is 246 g/mol. The summed E-state index contributed by atoms with van der Waals surface area (Å²) in [7, 11) is 0. The zero-order chi connectivity index (χ0) is 13.0. The summed E-state index contributed by atoms with van der Waals surface area (Å²) in [5, 5.41) is 9.99. The number of ether oxygens (including phenoxy) is 1. The number of esters is 1. The molecule has 0 unspecified atom stereocenters. The number of carbonyl (C=O) groups excluding carboxylic acids is 1. The summed E-state index contributed by atoms with van der Waals surface area (Å²) in [6.45, 7) is 12.0. The van der Waals surface area contributed by atoms with E-state index < -0.39 is 6.10 Å². The number of hydrogen-bond donors (Lipinski definition) is 1. The van der Waals surface area contributed by atoms with E-state index in [2.05, 4.69) is 19.7 Å². The van der Waals surface area contributed by atoms with Crippen LogP contribution in [0.15, 0.2) is 36.5 Å². The fourth-order valence-electron chi connectivity index (χ4n) is 3.70. The Kier molecular flexibility index (Phi) is 2.49. The molecular weight excluding hydrogens is 228 g/mol. The summed E-state index contributed by atoms with van der Waals surface area (Å²) in [4.78, 5) is 11.7. The van der Waals surface area contributed by atoms with Crippen LogP contribution in [0.2, 0.25) is 0 Å². The van der Waals surface area contributed by atoms with Gasteiger partial charge in [0.25, 0.3) is 0 Å². The molecule has 2 aliphatic carbocycles. The number of carbonyl (C=O) groups is 1. The van der Waals surface area contributed by atoms with Crippen molar-refractivity contribution < 1.29 is 14.6 Å². The maximum absolute atomic E-state index is 11.7. The minimum absolute atomic E-state index is 0.0169. The fraction of sp³-hybridized carbons (Fsp3) is 0.533. The number of rotatable bonds is 0. The molecule has 3 fully saturated rings. The van der Waals surface area contributed by atoms with E-state index in [0.29, 0.717) is 12.0 Å². The van der Waals surface area contributed by atoms with Gasteiger partial charge in [0.2, 0.25) is 0 Å². The molecule has 3 rings (SSSR count). The summed E-state index contributed by atoms with van der Waals surface area (Å²) in [5.41, 5.74) is 2.51. The number of aliphatic hydroxyl groups is 1. The van der Waals surface area contributed by atoms with Gasteiger partial charge in [-0.05, 0) is 30.8 Å². The van der Waals surface area contributed by atoms with Gasteiger partial charge in [-0.2, -0.15) is 0 Å². The monoisotopic (exact) mass is 246 g/mol. The van der Waals surface area contributed by atoms with Crippen LogP contribution < -0.4 is 0 Å². The van der Waals surface area contributed by atoms with Gasteiger partial charge in [-0.25, -0.2) is 4.79 Å². The lowest BCUT2D eigenvalue weighted by Gasteiger charge is -2.25. The molecule has 1 N–H and O–H groups in total. The predicted octanol–water partition coefficient (Wildman–Crippen LogP) is 1.99. The van der Waals surface area contributed by atoms with E-state index in [9.17, 15) is 9.90 Å². The Labute approximate surface area is 107 Å². The van der Waals surface area contributed by atoms with Crippen LogP contribution >= 0.6 is 0 Å². The van der Waals surface area contributed by atoms with Crippen LogP contribution in [0.3, 0.4) is 0 Å². The van der Waals surface area contributed by atoms with Crippen molar-refractivity contribution in [2.75, 3.05) is 0 Å². The van der Waals surface area contributed by atoms with E-state index in [0.717, 1.165) is 24.0 Å². The van der Waals surface area contributed by atoms with Crippen molar-refractivity contribution in [1.82, 2.24) is 0 Å². The minimum atomic E-state index is -0.497. The lowest BCUT2D eigenvalue weighted by molar-refractivity contribution is -0.141. The van der Waals surface area contributed by atoms with Gasteiger partial charge in [0.05, 0.1) is 6.10 Å². The molecule has 0 aromatic heterocycles. The van der Waals surface area contributed by atoms with E-state index in [1.807, 2.05) is 0 Å². The molecule has 0 aromatic carbocycles. The van der Waals surface area contributed by atoms with Crippen molar-refractivity contribution in [3.63, 3.8) is 0 Å². The van der Waals surface area contributed by atoms with Crippen molar-refractivity contribution in [2.24, 2.45) is 17.8 Å². The second kappa shape index (κ2) is 3.82. The summed E-state index contributed by atoms with van der Waals surface area (Å²) < 4.78 is 5.49. The van der Waals surface area contributed by atoms with Crippen molar-refractivity contribution in [3.8, 4) is 0 Å². The molecular formula is C15H18O3. The maximum Gasteiger partial charge on any atom is 0.334 e. The first-order chi connectivity index (χ1) is 8.50. The lowest BCUT2D eigenvalue weighted by Crippen LogP contribution is -2.29. The molecule has 96 valence electrons. The number of aliphatic hydroxyl groups excluding tert-OH is 1. The van der Waals surface area contributed by atoms with Gasteiger partial charge in [-0.15, -0.1) is 0 Å². The molecule has 0 radical (unpaired) electrons. The van der Waals surface area contributed by atoms with Crippen LogP contribution in [0.1, 0.15) is 19.3 Å². The largest absolute Gasteiger partial charge is 0.458 e. The summed E-state index contributed by atoms with van der Waals surface area (Å²) in [6, 6.07) is 0. The first kappa shape index (κ1) is 11.7. The number of hydrogen-bond acceptors (Lipinski definition) is 3. The molecule has 0 aromatic rings. The molecule has 1 saturated heterocycles. The second-order valence-corrected chi connectivity index (χ2v) is 5.66. The summed E-state index contributed by atoms with van der Waals surface area (Å²) >= 11 is 0. The van der Waals surface area contributed by atoms with E-state index >= 15 is 0 Å². The Hall–Kier alpha value is -1.35. The van der Waals surface area contributed by atoms with Crippen LogP contribution in [0.25, 0.3) is 0 Å². The standard InChI is InChI=1S/C15H18O3/c1-7-4-5-10-8(2)15(17)18-14(10)13-9(3)12(16)6-11(7)13/h10-14,16H,1-6H2/t10-,11-,12+,13+,14+/m1/s1. The normalized spacial score (nSPS) is 43.5. The molecule has 3 nitrogen and oxygen atoms in total. The first-order valence-corrected chi connectivity index (χ1v) is 6.45. The average Bonchev–Trinajstić information content (AvgIpc) is 2.72. The number of allylic oxidation sites excluding steroid dienone is 1. The Morgan fingerprint density at radius 1 is 1.22 bits per heavy atom. The van der Waals surface area contributed by atoms with Crippen molar-refractivity contribution in [2.45, 2.75) is 31.5 Å². The summed E-state index contributed by atoms with van der Waals surface area (Å²) in [6.07, 6.45) is 1.71. The third kappa shape index (κ3) is 1.43. The Balaban J connectivity index is 2.01. The molecule has 0 spiro atoms. The Morgan fingerprint density at radius 3 is 2.67 bits per heavy atom. The maximum atomic E-state index is 11.7. The predicted molar refractivity (Wildman–Crippen MR) is 67.6 cm³/mol. The molecule has 5 atom stereocenters. The van der Waals surface area contributed by atoms with Gasteiger partial charge >= 0.3 is 5.97 Å². The van der Waals surface area contributed by atoms with Gasteiger partial charge in [-0.1, -0.05) is 25.3 Å². The molecule has 0 amide bonds. The van der Waals surface area contributed by atoms with Crippen molar-refractivity contribution in [3.05, 3.63) is 36.5 Å². The molecule has 1 heterocycles. The van der Waals surface area contributed by atoms with Crippen LogP contribution in [0.4, 0.5) is 0 Å².